The van der Waals surface area contributed by atoms with Crippen molar-refractivity contribution >= 4 is 28.9 Å². The first-order valence-electron chi connectivity index (χ1n) is 11.2. The zero-order valence-electron chi connectivity index (χ0n) is 19.0. The maximum Gasteiger partial charge on any atom is 0.338 e. The number of alkyl halides is 1. The molecule has 1 unspecified atom stereocenters. The van der Waals surface area contributed by atoms with E-state index in [1.54, 1.807) is 60.7 Å². The van der Waals surface area contributed by atoms with Crippen LogP contribution in [0.2, 0.25) is 0 Å². The summed E-state index contributed by atoms with van der Waals surface area (Å²) in [6, 6.07) is 16.9. The number of hydrogen-bond acceptors (Lipinski definition) is 9. The van der Waals surface area contributed by atoms with Crippen LogP contribution in [0.4, 0.5) is 10.2 Å². The van der Waals surface area contributed by atoms with E-state index in [0.717, 1.165) is 0 Å². The first-order valence-corrected chi connectivity index (χ1v) is 11.2. The Morgan fingerprint density at radius 3 is 2.17 bits per heavy atom. The first-order chi connectivity index (χ1) is 17.5. The zero-order valence-corrected chi connectivity index (χ0v) is 19.0. The summed E-state index contributed by atoms with van der Waals surface area (Å²) in [5.74, 6) is -1.72. The van der Waals surface area contributed by atoms with Crippen LogP contribution in [0, 0.1) is 5.92 Å². The first kappa shape index (κ1) is 23.4. The summed E-state index contributed by atoms with van der Waals surface area (Å²) in [5, 5.41) is 0. The molecule has 3 heterocycles. The third kappa shape index (κ3) is 4.13. The van der Waals surface area contributed by atoms with Gasteiger partial charge in [-0.15, -0.1) is 0 Å². The fourth-order valence-electron chi connectivity index (χ4n) is 4.24. The molecule has 5 rings (SSSR count). The summed E-state index contributed by atoms with van der Waals surface area (Å²) < 4.78 is 33.1. The molecular weight excluding hydrogens is 469 g/mol. The predicted molar refractivity (Wildman–Crippen MR) is 125 cm³/mol. The second-order valence-electron chi connectivity index (χ2n) is 8.22. The Morgan fingerprint density at radius 1 is 0.944 bits per heavy atom. The summed E-state index contributed by atoms with van der Waals surface area (Å²) in [6.07, 6.45) is 1.84. The Hall–Kier alpha value is -4.38. The molecule has 0 saturated carbocycles. The van der Waals surface area contributed by atoms with Gasteiger partial charge in [0.25, 0.3) is 0 Å². The number of benzene rings is 2. The van der Waals surface area contributed by atoms with Gasteiger partial charge in [-0.05, 0) is 24.3 Å². The average molecular weight is 491 g/mol. The number of nitrogen functional groups attached to an aromatic ring is 1. The molecule has 2 aromatic carbocycles. The number of nitrogens with two attached hydrogens (primary N) is 1. The van der Waals surface area contributed by atoms with Crippen molar-refractivity contribution in [1.82, 2.24) is 19.5 Å². The third-order valence-corrected chi connectivity index (χ3v) is 6.14. The smallest absolute Gasteiger partial charge is 0.338 e. The number of hydrogen-bond donors (Lipinski definition) is 1. The fourth-order valence-corrected chi connectivity index (χ4v) is 4.24. The van der Waals surface area contributed by atoms with Crippen LogP contribution < -0.4 is 5.73 Å². The van der Waals surface area contributed by atoms with Crippen LogP contribution in [-0.4, -0.2) is 57.4 Å². The molecule has 1 fully saturated rings. The molecule has 0 aliphatic carbocycles. The van der Waals surface area contributed by atoms with E-state index in [4.69, 9.17) is 19.9 Å². The number of fused-ring (bicyclic) bond motifs is 1. The largest absolute Gasteiger partial charge is 0.461 e. The summed E-state index contributed by atoms with van der Waals surface area (Å²) in [6.45, 7) is -1.36. The molecule has 2 N–H and O–H groups in total. The highest BCUT2D eigenvalue weighted by Gasteiger charge is 2.59. The van der Waals surface area contributed by atoms with Crippen molar-refractivity contribution in [2.75, 3.05) is 25.6 Å². The second-order valence-corrected chi connectivity index (χ2v) is 8.22. The number of ether oxygens (including phenoxy) is 3. The van der Waals surface area contributed by atoms with Gasteiger partial charge in [-0.3, -0.25) is 4.57 Å². The monoisotopic (exact) mass is 491 g/mol. The van der Waals surface area contributed by atoms with E-state index in [0.29, 0.717) is 11.1 Å². The molecule has 1 aliphatic rings. The molecule has 0 amide bonds. The Morgan fingerprint density at radius 2 is 1.56 bits per heavy atom. The summed E-state index contributed by atoms with van der Waals surface area (Å²) in [5.41, 5.74) is 5.55. The molecule has 184 valence electrons. The van der Waals surface area contributed by atoms with Gasteiger partial charge in [-0.2, -0.15) is 0 Å². The topological polar surface area (TPSA) is 131 Å². The van der Waals surface area contributed by atoms with E-state index >= 15 is 0 Å². The highest BCUT2D eigenvalue weighted by molar-refractivity contribution is 5.89. The normalized spacial score (nSPS) is 21.0. The number of carbonyl (C=O) groups is 2. The van der Waals surface area contributed by atoms with Crippen LogP contribution in [0.5, 0.6) is 0 Å². The predicted octanol–water partition coefficient (Wildman–Crippen LogP) is 2.76. The Balaban J connectivity index is 1.40. The highest BCUT2D eigenvalue weighted by atomic mass is 19.1. The highest BCUT2D eigenvalue weighted by Crippen LogP contribution is 2.45. The molecule has 0 bridgehead atoms. The minimum Gasteiger partial charge on any atom is -0.461 e. The molecule has 3 atom stereocenters. The van der Waals surface area contributed by atoms with Crippen molar-refractivity contribution in [2.45, 2.75) is 11.8 Å². The summed E-state index contributed by atoms with van der Waals surface area (Å²) in [7, 11) is 0. The quantitative estimate of drug-likeness (QED) is 0.370. The lowest BCUT2D eigenvalue weighted by molar-refractivity contribution is -0.326. The van der Waals surface area contributed by atoms with Crippen LogP contribution in [0.15, 0.2) is 73.3 Å². The minimum absolute atomic E-state index is 0.132. The zero-order chi connectivity index (χ0) is 25.1. The van der Waals surface area contributed by atoms with Gasteiger partial charge in [0.05, 0.1) is 23.4 Å². The van der Waals surface area contributed by atoms with Gasteiger partial charge in [-0.1, -0.05) is 36.4 Å². The lowest BCUT2D eigenvalue weighted by atomic mass is 9.84. The summed E-state index contributed by atoms with van der Waals surface area (Å²) in [4.78, 5) is 37.3. The van der Waals surface area contributed by atoms with Gasteiger partial charge in [0.2, 0.25) is 0 Å². The van der Waals surface area contributed by atoms with E-state index < -0.39 is 36.4 Å². The van der Waals surface area contributed by atoms with Crippen LogP contribution >= 0.6 is 0 Å². The van der Waals surface area contributed by atoms with E-state index in [1.807, 2.05) is 0 Å². The Labute approximate surface area is 204 Å². The number of halogens is 1. The molecule has 1 saturated heterocycles. The molecule has 36 heavy (non-hydrogen) atoms. The van der Waals surface area contributed by atoms with Gasteiger partial charge in [0.15, 0.2) is 17.2 Å². The van der Waals surface area contributed by atoms with E-state index in [1.165, 1.54) is 17.2 Å². The molecule has 10 nitrogen and oxygen atoms in total. The number of esters is 2. The Bertz CT molecular complexity index is 1380. The van der Waals surface area contributed by atoms with Crippen molar-refractivity contribution in [3.63, 3.8) is 0 Å². The number of rotatable bonds is 8. The van der Waals surface area contributed by atoms with Gasteiger partial charge in [0, 0.05) is 0 Å². The van der Waals surface area contributed by atoms with Gasteiger partial charge in [-0.25, -0.2) is 28.9 Å². The van der Waals surface area contributed by atoms with Crippen molar-refractivity contribution in [1.29, 1.82) is 0 Å². The maximum atomic E-state index is 14.7. The number of imidazole rings is 1. The maximum absolute atomic E-state index is 14.7. The van der Waals surface area contributed by atoms with Crippen LogP contribution in [0.25, 0.3) is 11.2 Å². The van der Waals surface area contributed by atoms with E-state index in [-0.39, 0.29) is 30.2 Å². The number of anilines is 1. The standard InChI is InChI=1S/C25H22FN5O5/c26-13-25(31-15-30-20-21(27)28-14-29-22(20)31)18(11-34-23(32)16-7-3-1-4-8-16)19(36-25)12-35-24(33)17-9-5-2-6-10-17/h1-10,14-15,18-19H,11-13H2,(H2,27,28,29)/t18-,19-,25?/m1/s1. The number of aromatic nitrogens is 4. The van der Waals surface area contributed by atoms with Crippen molar-refractivity contribution in [3.8, 4) is 0 Å². The van der Waals surface area contributed by atoms with Crippen LogP contribution in [0.3, 0.4) is 0 Å². The van der Waals surface area contributed by atoms with Crippen LogP contribution in [-0.2, 0) is 19.9 Å². The fraction of sp³-hybridized carbons (Fsp3) is 0.240. The number of nitrogens with zero attached hydrogens (tertiary/aromatic N) is 4. The van der Waals surface area contributed by atoms with Gasteiger partial charge >= 0.3 is 11.9 Å². The molecule has 0 spiro atoms. The molecule has 4 aromatic rings. The lowest BCUT2D eigenvalue weighted by Crippen LogP contribution is -2.65. The second kappa shape index (κ2) is 9.70. The average Bonchev–Trinajstić information content (AvgIpc) is 3.35. The lowest BCUT2D eigenvalue weighted by Gasteiger charge is -2.53. The van der Waals surface area contributed by atoms with Crippen LogP contribution in [0.1, 0.15) is 20.7 Å². The SMILES string of the molecule is Nc1ncnc2c1ncn2C1(CF)O[C@H](COC(=O)c2ccccc2)[C@H]1COC(=O)c1ccccc1. The van der Waals surface area contributed by atoms with Crippen molar-refractivity contribution < 1.29 is 28.2 Å². The molecular formula is C25H22FN5O5. The van der Waals surface area contributed by atoms with Crippen molar-refractivity contribution in [2.24, 2.45) is 5.92 Å². The van der Waals surface area contributed by atoms with E-state index in [9.17, 15) is 14.0 Å². The third-order valence-electron chi connectivity index (χ3n) is 6.14. The minimum atomic E-state index is -1.60. The molecule has 0 radical (unpaired) electrons. The Kier molecular flexibility index (Phi) is 6.30. The van der Waals surface area contributed by atoms with Gasteiger partial charge in [0.1, 0.15) is 37.8 Å². The van der Waals surface area contributed by atoms with Gasteiger partial charge < -0.3 is 19.9 Å². The molecule has 1 aliphatic heterocycles. The molecule has 11 heteroatoms. The summed E-state index contributed by atoms with van der Waals surface area (Å²) >= 11 is 0. The van der Waals surface area contributed by atoms with E-state index in [2.05, 4.69) is 15.0 Å². The molecule has 2 aromatic heterocycles. The number of carbonyl (C=O) groups excluding carboxylic acids is 2. The van der Waals surface area contributed by atoms with Crippen molar-refractivity contribution in [3.05, 3.63) is 84.4 Å².